The molecule has 0 fully saturated rings. The monoisotopic (exact) mass is 431 g/mol. The molecule has 2 aromatic rings. The third kappa shape index (κ3) is 5.81. The second-order valence-corrected chi connectivity index (χ2v) is 5.08. The Hall–Kier alpha value is -1.64. The van der Waals surface area contributed by atoms with E-state index in [0.717, 1.165) is 17.8 Å². The van der Waals surface area contributed by atoms with Gasteiger partial charge in [0.25, 0.3) is 0 Å². The SMILES string of the molecule is CCNC(=NCc1ccc(C)c(F)c1)NCc1ccnn1C.I. The summed E-state index contributed by atoms with van der Waals surface area (Å²) in [7, 11) is 1.90. The molecule has 126 valence electrons. The number of aliphatic imine (C=N–C) groups is 1. The van der Waals surface area contributed by atoms with Crippen LogP contribution in [0.15, 0.2) is 35.5 Å². The topological polar surface area (TPSA) is 54.2 Å². The Labute approximate surface area is 153 Å². The summed E-state index contributed by atoms with van der Waals surface area (Å²) in [5.41, 5.74) is 2.56. The van der Waals surface area contributed by atoms with Gasteiger partial charge in [0.15, 0.2) is 5.96 Å². The van der Waals surface area contributed by atoms with E-state index in [0.29, 0.717) is 24.6 Å². The van der Waals surface area contributed by atoms with Crippen LogP contribution >= 0.6 is 24.0 Å². The van der Waals surface area contributed by atoms with E-state index < -0.39 is 0 Å². The summed E-state index contributed by atoms with van der Waals surface area (Å²) >= 11 is 0. The third-order valence-electron chi connectivity index (χ3n) is 3.36. The molecule has 0 aliphatic rings. The van der Waals surface area contributed by atoms with E-state index in [2.05, 4.69) is 20.7 Å². The number of aromatic nitrogens is 2. The molecule has 7 heteroatoms. The van der Waals surface area contributed by atoms with Crippen molar-refractivity contribution < 1.29 is 4.39 Å². The van der Waals surface area contributed by atoms with Gasteiger partial charge in [-0.15, -0.1) is 24.0 Å². The lowest BCUT2D eigenvalue weighted by atomic mass is 10.1. The van der Waals surface area contributed by atoms with Gasteiger partial charge in [-0.05, 0) is 37.1 Å². The van der Waals surface area contributed by atoms with Crippen LogP contribution in [0.25, 0.3) is 0 Å². The average molecular weight is 431 g/mol. The highest BCUT2D eigenvalue weighted by molar-refractivity contribution is 14.0. The number of halogens is 2. The fraction of sp³-hybridized carbons (Fsp3) is 0.375. The highest BCUT2D eigenvalue weighted by Gasteiger charge is 2.02. The van der Waals surface area contributed by atoms with E-state index in [-0.39, 0.29) is 29.8 Å². The molecule has 0 amide bonds. The minimum atomic E-state index is -0.194. The number of aryl methyl sites for hydroxylation is 2. The molecule has 0 aliphatic heterocycles. The number of rotatable bonds is 5. The Balaban J connectivity index is 0.00000264. The van der Waals surface area contributed by atoms with Crippen molar-refractivity contribution >= 4 is 29.9 Å². The van der Waals surface area contributed by atoms with E-state index in [1.807, 2.05) is 30.8 Å². The zero-order valence-electron chi connectivity index (χ0n) is 13.6. The van der Waals surface area contributed by atoms with E-state index in [9.17, 15) is 4.39 Å². The molecule has 0 radical (unpaired) electrons. The molecule has 0 atom stereocenters. The summed E-state index contributed by atoms with van der Waals surface area (Å²) in [6.45, 7) is 5.58. The number of hydrogen-bond donors (Lipinski definition) is 2. The van der Waals surface area contributed by atoms with Gasteiger partial charge in [-0.25, -0.2) is 9.38 Å². The van der Waals surface area contributed by atoms with Gasteiger partial charge in [-0.2, -0.15) is 5.10 Å². The van der Waals surface area contributed by atoms with Crippen molar-refractivity contribution in [3.63, 3.8) is 0 Å². The second-order valence-electron chi connectivity index (χ2n) is 5.08. The molecule has 5 nitrogen and oxygen atoms in total. The molecule has 0 bridgehead atoms. The summed E-state index contributed by atoms with van der Waals surface area (Å²) in [6, 6.07) is 7.15. The molecular weight excluding hydrogens is 408 g/mol. The lowest BCUT2D eigenvalue weighted by Gasteiger charge is -2.11. The molecule has 0 aliphatic carbocycles. The average Bonchev–Trinajstić information content (AvgIpc) is 2.91. The van der Waals surface area contributed by atoms with Gasteiger partial charge in [-0.3, -0.25) is 4.68 Å². The lowest BCUT2D eigenvalue weighted by molar-refractivity contribution is 0.616. The fourth-order valence-electron chi connectivity index (χ4n) is 2.00. The molecule has 1 aromatic carbocycles. The third-order valence-corrected chi connectivity index (χ3v) is 3.36. The Kier molecular flexibility index (Phi) is 8.01. The van der Waals surface area contributed by atoms with Gasteiger partial charge in [0.1, 0.15) is 5.82 Å². The molecule has 2 rings (SSSR count). The maximum atomic E-state index is 13.5. The maximum Gasteiger partial charge on any atom is 0.191 e. The first-order chi connectivity index (χ1) is 10.6. The smallest absolute Gasteiger partial charge is 0.191 e. The number of guanidine groups is 1. The van der Waals surface area contributed by atoms with E-state index in [1.165, 1.54) is 6.07 Å². The quantitative estimate of drug-likeness (QED) is 0.435. The largest absolute Gasteiger partial charge is 0.357 e. The molecular formula is C16H23FIN5. The highest BCUT2D eigenvalue weighted by atomic mass is 127. The minimum Gasteiger partial charge on any atom is -0.357 e. The predicted molar refractivity (Wildman–Crippen MR) is 101 cm³/mol. The van der Waals surface area contributed by atoms with Crippen LogP contribution in [0.3, 0.4) is 0 Å². The van der Waals surface area contributed by atoms with E-state index in [4.69, 9.17) is 0 Å². The Morgan fingerprint density at radius 3 is 2.70 bits per heavy atom. The van der Waals surface area contributed by atoms with E-state index >= 15 is 0 Å². The summed E-state index contributed by atoms with van der Waals surface area (Å²) in [6.07, 6.45) is 1.76. The Morgan fingerprint density at radius 2 is 2.09 bits per heavy atom. The van der Waals surface area contributed by atoms with Crippen LogP contribution in [0.4, 0.5) is 4.39 Å². The minimum absolute atomic E-state index is 0. The molecule has 0 saturated heterocycles. The van der Waals surface area contributed by atoms with Gasteiger partial charge < -0.3 is 10.6 Å². The van der Waals surface area contributed by atoms with Crippen LogP contribution in [0.2, 0.25) is 0 Å². The van der Waals surface area contributed by atoms with Gasteiger partial charge in [0, 0.05) is 19.8 Å². The fourth-order valence-corrected chi connectivity index (χ4v) is 2.00. The van der Waals surface area contributed by atoms with Gasteiger partial charge in [-0.1, -0.05) is 12.1 Å². The molecule has 0 spiro atoms. The van der Waals surface area contributed by atoms with Crippen molar-refractivity contribution in [2.24, 2.45) is 12.0 Å². The highest BCUT2D eigenvalue weighted by Crippen LogP contribution is 2.10. The van der Waals surface area contributed by atoms with Gasteiger partial charge in [0.2, 0.25) is 0 Å². The van der Waals surface area contributed by atoms with Gasteiger partial charge in [0.05, 0.1) is 18.8 Å². The maximum absolute atomic E-state index is 13.5. The molecule has 2 N–H and O–H groups in total. The lowest BCUT2D eigenvalue weighted by Crippen LogP contribution is -2.37. The molecule has 23 heavy (non-hydrogen) atoms. The van der Waals surface area contributed by atoms with Crippen molar-refractivity contribution in [2.75, 3.05) is 6.54 Å². The summed E-state index contributed by atoms with van der Waals surface area (Å²) in [4.78, 5) is 4.48. The first kappa shape index (κ1) is 19.4. The zero-order chi connectivity index (χ0) is 15.9. The Bertz CT molecular complexity index is 654. The van der Waals surface area contributed by atoms with Crippen molar-refractivity contribution in [3.05, 3.63) is 53.1 Å². The van der Waals surface area contributed by atoms with Crippen molar-refractivity contribution in [3.8, 4) is 0 Å². The number of nitrogens with one attached hydrogen (secondary N) is 2. The normalized spacial score (nSPS) is 11.0. The van der Waals surface area contributed by atoms with Crippen molar-refractivity contribution in [1.82, 2.24) is 20.4 Å². The van der Waals surface area contributed by atoms with Crippen LogP contribution in [0, 0.1) is 12.7 Å². The van der Waals surface area contributed by atoms with E-state index in [1.54, 1.807) is 19.2 Å². The van der Waals surface area contributed by atoms with Crippen LogP contribution in [0.5, 0.6) is 0 Å². The standard InChI is InChI=1S/C16H22FN5.HI/c1-4-18-16(20-11-14-7-8-21-22(14)3)19-10-13-6-5-12(2)15(17)9-13;/h5-9H,4,10-11H2,1-3H3,(H2,18,19,20);1H. The molecule has 1 aromatic heterocycles. The van der Waals surface area contributed by atoms with Crippen LogP contribution in [-0.4, -0.2) is 22.3 Å². The van der Waals surface area contributed by atoms with Crippen LogP contribution in [-0.2, 0) is 20.1 Å². The molecule has 1 heterocycles. The summed E-state index contributed by atoms with van der Waals surface area (Å²) in [5.74, 6) is 0.505. The van der Waals surface area contributed by atoms with Crippen LogP contribution < -0.4 is 10.6 Å². The Morgan fingerprint density at radius 1 is 1.30 bits per heavy atom. The van der Waals surface area contributed by atoms with Gasteiger partial charge >= 0.3 is 0 Å². The zero-order valence-corrected chi connectivity index (χ0v) is 16.0. The summed E-state index contributed by atoms with van der Waals surface area (Å²) < 4.78 is 15.4. The number of hydrogen-bond acceptors (Lipinski definition) is 2. The van der Waals surface area contributed by atoms with Crippen molar-refractivity contribution in [1.29, 1.82) is 0 Å². The van der Waals surface area contributed by atoms with Crippen LogP contribution in [0.1, 0.15) is 23.7 Å². The predicted octanol–water partition coefficient (Wildman–Crippen LogP) is 2.74. The molecule has 0 unspecified atom stereocenters. The first-order valence-electron chi connectivity index (χ1n) is 7.34. The molecule has 0 saturated carbocycles. The van der Waals surface area contributed by atoms with Crippen molar-refractivity contribution in [2.45, 2.75) is 26.9 Å². The first-order valence-corrected chi connectivity index (χ1v) is 7.34. The summed E-state index contributed by atoms with van der Waals surface area (Å²) in [5, 5.41) is 10.5. The number of nitrogens with zero attached hydrogens (tertiary/aromatic N) is 3. The second kappa shape index (κ2) is 9.49. The number of benzene rings is 1.